The van der Waals surface area contributed by atoms with Gasteiger partial charge in [0, 0.05) is 0 Å². The maximum atomic E-state index is 10.8. The van der Waals surface area contributed by atoms with Gasteiger partial charge < -0.3 is 5.11 Å². The Hall–Kier alpha value is -1.32. The predicted octanol–water partition coefficient (Wildman–Crippen LogP) is 1.17. The van der Waals surface area contributed by atoms with E-state index in [-0.39, 0.29) is 11.8 Å². The van der Waals surface area contributed by atoms with Crippen LogP contribution in [0.2, 0.25) is 0 Å². The highest BCUT2D eigenvalue weighted by atomic mass is 16.3. The molecule has 1 N–H and O–H groups in total. The first-order chi connectivity index (χ1) is 6.02. The van der Waals surface area contributed by atoms with Gasteiger partial charge in [-0.1, -0.05) is 13.8 Å². The molecule has 1 aromatic rings. The molecule has 13 heavy (non-hydrogen) atoms. The lowest BCUT2D eigenvalue weighted by Crippen LogP contribution is -2.17. The summed E-state index contributed by atoms with van der Waals surface area (Å²) in [5.41, 5.74) is -0.438. The molecule has 0 saturated carbocycles. The molecule has 0 radical (unpaired) electrons. The van der Waals surface area contributed by atoms with E-state index in [0.717, 1.165) is 6.20 Å². The third-order valence-corrected chi connectivity index (χ3v) is 2.20. The topological polar surface area (TPSA) is 55.1 Å². The molecule has 1 unspecified atom stereocenters. The molecule has 1 heterocycles. The zero-order valence-corrected chi connectivity index (χ0v) is 8.06. The van der Waals surface area contributed by atoms with E-state index in [1.54, 1.807) is 4.68 Å². The van der Waals surface area contributed by atoms with Crippen LogP contribution in [0.4, 0.5) is 0 Å². The summed E-state index contributed by atoms with van der Waals surface area (Å²) in [6.07, 6.45) is 2.50. The zero-order chi connectivity index (χ0) is 10.0. The third-order valence-electron chi connectivity index (χ3n) is 2.20. The second-order valence-corrected chi connectivity index (χ2v) is 3.49. The number of aromatic hydroxyl groups is 1. The minimum atomic E-state index is -0.438. The van der Waals surface area contributed by atoms with E-state index in [1.165, 1.54) is 6.20 Å². The van der Waals surface area contributed by atoms with Crippen LogP contribution in [0.1, 0.15) is 26.8 Å². The minimum Gasteiger partial charge on any atom is -0.503 e. The summed E-state index contributed by atoms with van der Waals surface area (Å²) in [6, 6.07) is 0.173. The van der Waals surface area contributed by atoms with Gasteiger partial charge in [-0.2, -0.15) is 5.10 Å². The van der Waals surface area contributed by atoms with Crippen molar-refractivity contribution in [2.24, 2.45) is 5.92 Å². The van der Waals surface area contributed by atoms with Crippen molar-refractivity contribution in [1.82, 2.24) is 9.78 Å². The molecule has 0 saturated heterocycles. The molecule has 1 aromatic heterocycles. The van der Waals surface area contributed by atoms with E-state index >= 15 is 0 Å². The third kappa shape index (κ3) is 2.08. The molecule has 72 valence electrons. The van der Waals surface area contributed by atoms with E-state index in [1.807, 2.05) is 6.92 Å². The van der Waals surface area contributed by atoms with E-state index < -0.39 is 5.43 Å². The van der Waals surface area contributed by atoms with Crippen LogP contribution in [0.25, 0.3) is 0 Å². The van der Waals surface area contributed by atoms with Gasteiger partial charge in [-0.15, -0.1) is 0 Å². The summed E-state index contributed by atoms with van der Waals surface area (Å²) in [4.78, 5) is 10.8. The first kappa shape index (κ1) is 9.77. The van der Waals surface area contributed by atoms with E-state index in [4.69, 9.17) is 5.11 Å². The second-order valence-electron chi connectivity index (χ2n) is 3.49. The lowest BCUT2D eigenvalue weighted by Gasteiger charge is -2.17. The normalized spacial score (nSPS) is 13.2. The number of rotatable bonds is 2. The number of nitrogens with zero attached hydrogens (tertiary/aromatic N) is 2. The second kappa shape index (κ2) is 3.60. The van der Waals surface area contributed by atoms with Crippen LogP contribution in [0, 0.1) is 5.92 Å². The van der Waals surface area contributed by atoms with Gasteiger partial charge >= 0.3 is 0 Å². The maximum Gasteiger partial charge on any atom is 0.241 e. The summed E-state index contributed by atoms with van der Waals surface area (Å²) in [6.45, 7) is 6.10. The Morgan fingerprint density at radius 1 is 1.46 bits per heavy atom. The molecule has 0 spiro atoms. The minimum absolute atomic E-state index is 0.173. The van der Waals surface area contributed by atoms with Gasteiger partial charge in [0.05, 0.1) is 18.4 Å². The molecule has 0 aliphatic carbocycles. The molecule has 0 aliphatic heterocycles. The molecule has 0 bridgehead atoms. The fraction of sp³-hybridized carbons (Fsp3) is 0.556. The molecular formula is C9H14N2O2. The largest absolute Gasteiger partial charge is 0.503 e. The van der Waals surface area contributed by atoms with Gasteiger partial charge in [-0.3, -0.25) is 9.48 Å². The SMILES string of the molecule is CC(C)C(C)n1cc(O)c(=O)cn1. The Bertz CT molecular complexity index is 344. The predicted molar refractivity (Wildman–Crippen MR) is 49.7 cm³/mol. The molecule has 1 atom stereocenters. The summed E-state index contributed by atoms with van der Waals surface area (Å²) < 4.78 is 1.60. The van der Waals surface area contributed by atoms with E-state index in [0.29, 0.717) is 5.92 Å². The highest BCUT2D eigenvalue weighted by Gasteiger charge is 2.10. The van der Waals surface area contributed by atoms with Crippen molar-refractivity contribution in [1.29, 1.82) is 0 Å². The average molecular weight is 182 g/mol. The average Bonchev–Trinajstić information content (AvgIpc) is 2.08. The molecule has 0 amide bonds. The fourth-order valence-electron chi connectivity index (χ4n) is 0.936. The summed E-state index contributed by atoms with van der Waals surface area (Å²) in [5, 5.41) is 13.1. The van der Waals surface area contributed by atoms with Crippen molar-refractivity contribution in [3.63, 3.8) is 0 Å². The van der Waals surface area contributed by atoms with Crippen molar-refractivity contribution in [2.75, 3.05) is 0 Å². The lowest BCUT2D eigenvalue weighted by molar-refractivity contribution is 0.357. The zero-order valence-electron chi connectivity index (χ0n) is 8.06. The van der Waals surface area contributed by atoms with E-state index in [2.05, 4.69) is 18.9 Å². The van der Waals surface area contributed by atoms with Gasteiger partial charge in [-0.05, 0) is 12.8 Å². The van der Waals surface area contributed by atoms with Crippen molar-refractivity contribution in [2.45, 2.75) is 26.8 Å². The van der Waals surface area contributed by atoms with Crippen LogP contribution in [0.15, 0.2) is 17.2 Å². The number of hydrogen-bond acceptors (Lipinski definition) is 3. The molecule has 0 fully saturated rings. The van der Waals surface area contributed by atoms with Crippen LogP contribution >= 0.6 is 0 Å². The van der Waals surface area contributed by atoms with Crippen LogP contribution in [-0.2, 0) is 0 Å². The Balaban J connectivity index is 3.04. The van der Waals surface area contributed by atoms with E-state index in [9.17, 15) is 4.79 Å². The Morgan fingerprint density at radius 3 is 2.54 bits per heavy atom. The summed E-state index contributed by atoms with van der Waals surface area (Å²) >= 11 is 0. The van der Waals surface area contributed by atoms with Crippen molar-refractivity contribution < 1.29 is 5.11 Å². The van der Waals surface area contributed by atoms with Gasteiger partial charge in [-0.25, -0.2) is 0 Å². The standard InChI is InChI=1S/C9H14N2O2/c1-6(2)7(3)11-5-9(13)8(12)4-10-11/h4-7,13H,1-3H3. The molecule has 4 heteroatoms. The van der Waals surface area contributed by atoms with Crippen molar-refractivity contribution in [3.05, 3.63) is 22.6 Å². The Kier molecular flexibility index (Phi) is 2.70. The van der Waals surface area contributed by atoms with Crippen LogP contribution < -0.4 is 5.43 Å². The quantitative estimate of drug-likeness (QED) is 0.746. The Labute approximate surface area is 76.8 Å². The van der Waals surface area contributed by atoms with Gasteiger partial charge in [0.15, 0.2) is 5.75 Å². The van der Waals surface area contributed by atoms with Crippen molar-refractivity contribution in [3.8, 4) is 5.75 Å². The summed E-state index contributed by atoms with van der Waals surface area (Å²) in [5.74, 6) is 0.164. The molecular weight excluding hydrogens is 168 g/mol. The highest BCUT2D eigenvalue weighted by Crippen LogP contribution is 2.15. The number of aromatic nitrogens is 2. The highest BCUT2D eigenvalue weighted by molar-refractivity contribution is 5.11. The first-order valence-corrected chi connectivity index (χ1v) is 4.30. The summed E-state index contributed by atoms with van der Waals surface area (Å²) in [7, 11) is 0. The fourth-order valence-corrected chi connectivity index (χ4v) is 0.936. The van der Waals surface area contributed by atoms with Crippen LogP contribution in [-0.4, -0.2) is 14.9 Å². The van der Waals surface area contributed by atoms with Gasteiger partial charge in [0.25, 0.3) is 0 Å². The van der Waals surface area contributed by atoms with Crippen LogP contribution in [0.3, 0.4) is 0 Å². The molecule has 0 aromatic carbocycles. The first-order valence-electron chi connectivity index (χ1n) is 4.30. The molecule has 1 rings (SSSR count). The van der Waals surface area contributed by atoms with Crippen molar-refractivity contribution >= 4 is 0 Å². The monoisotopic (exact) mass is 182 g/mol. The maximum absolute atomic E-state index is 10.8. The van der Waals surface area contributed by atoms with Crippen LogP contribution in [0.5, 0.6) is 5.75 Å². The smallest absolute Gasteiger partial charge is 0.241 e. The number of hydrogen-bond donors (Lipinski definition) is 1. The Morgan fingerprint density at radius 2 is 2.08 bits per heavy atom. The molecule has 4 nitrogen and oxygen atoms in total. The molecule has 0 aliphatic rings. The van der Waals surface area contributed by atoms with Gasteiger partial charge in [0.1, 0.15) is 0 Å². The lowest BCUT2D eigenvalue weighted by atomic mass is 10.1. The van der Waals surface area contributed by atoms with Gasteiger partial charge in [0.2, 0.25) is 5.43 Å².